The number of anilines is 1. The van der Waals surface area contributed by atoms with Crippen LogP contribution in [-0.2, 0) is 4.79 Å². The number of para-hydroxylation sites is 2. The van der Waals surface area contributed by atoms with Crippen molar-refractivity contribution >= 4 is 22.4 Å². The van der Waals surface area contributed by atoms with E-state index >= 15 is 0 Å². The third-order valence-corrected chi connectivity index (χ3v) is 4.24. The van der Waals surface area contributed by atoms with Gasteiger partial charge in [0.1, 0.15) is 5.75 Å². The average molecular weight is 334 g/mol. The molecule has 0 fully saturated rings. The predicted octanol–water partition coefficient (Wildman–Crippen LogP) is 4.14. The van der Waals surface area contributed by atoms with Gasteiger partial charge >= 0.3 is 0 Å². The highest BCUT2D eigenvalue weighted by molar-refractivity contribution is 5.93. The van der Waals surface area contributed by atoms with E-state index in [1.165, 1.54) is 16.3 Å². The molecular weight excluding hydrogens is 312 g/mol. The van der Waals surface area contributed by atoms with Crippen LogP contribution in [-0.4, -0.2) is 19.6 Å². The van der Waals surface area contributed by atoms with Gasteiger partial charge < -0.3 is 15.4 Å². The highest BCUT2D eigenvalue weighted by Gasteiger charge is 2.11. The Morgan fingerprint density at radius 1 is 1.00 bits per heavy atom. The monoisotopic (exact) mass is 334 g/mol. The zero-order valence-corrected chi connectivity index (χ0v) is 14.5. The molecule has 0 bridgehead atoms. The Labute approximate surface area is 147 Å². The molecule has 0 radical (unpaired) electrons. The molecule has 0 aliphatic heterocycles. The lowest BCUT2D eigenvalue weighted by molar-refractivity contribution is -0.115. The number of ether oxygens (including phenoxy) is 1. The number of hydrogen-bond acceptors (Lipinski definition) is 3. The fourth-order valence-corrected chi connectivity index (χ4v) is 2.93. The van der Waals surface area contributed by atoms with Crippen molar-refractivity contribution in [2.45, 2.75) is 13.0 Å². The molecule has 0 spiro atoms. The van der Waals surface area contributed by atoms with Crippen molar-refractivity contribution in [3.8, 4) is 5.75 Å². The van der Waals surface area contributed by atoms with Crippen molar-refractivity contribution in [1.82, 2.24) is 5.32 Å². The number of rotatable bonds is 6. The highest BCUT2D eigenvalue weighted by atomic mass is 16.5. The molecule has 3 aromatic carbocycles. The van der Waals surface area contributed by atoms with Crippen LogP contribution < -0.4 is 15.4 Å². The summed E-state index contributed by atoms with van der Waals surface area (Å²) in [4.78, 5) is 12.3. The Bertz CT molecular complexity index is 871. The summed E-state index contributed by atoms with van der Waals surface area (Å²) < 4.78 is 5.25. The predicted molar refractivity (Wildman–Crippen MR) is 102 cm³/mol. The number of methoxy groups -OCH3 is 1. The minimum atomic E-state index is -0.100. The molecule has 0 saturated heterocycles. The molecule has 4 heteroatoms. The number of benzene rings is 3. The van der Waals surface area contributed by atoms with E-state index in [9.17, 15) is 4.79 Å². The zero-order chi connectivity index (χ0) is 17.6. The van der Waals surface area contributed by atoms with Crippen LogP contribution in [0.5, 0.6) is 5.75 Å². The molecule has 0 saturated carbocycles. The molecule has 1 amide bonds. The first kappa shape index (κ1) is 17.0. The van der Waals surface area contributed by atoms with E-state index in [2.05, 4.69) is 41.8 Å². The first-order valence-corrected chi connectivity index (χ1v) is 8.33. The van der Waals surface area contributed by atoms with Gasteiger partial charge in [-0.3, -0.25) is 4.79 Å². The van der Waals surface area contributed by atoms with Crippen LogP contribution >= 0.6 is 0 Å². The Morgan fingerprint density at radius 3 is 2.56 bits per heavy atom. The number of nitrogens with one attached hydrogen (secondary N) is 2. The van der Waals surface area contributed by atoms with Crippen LogP contribution in [0.25, 0.3) is 10.8 Å². The van der Waals surface area contributed by atoms with Crippen LogP contribution in [0.15, 0.2) is 66.7 Å². The van der Waals surface area contributed by atoms with E-state index in [0.29, 0.717) is 11.4 Å². The fraction of sp³-hybridized carbons (Fsp3) is 0.190. The number of fused-ring (bicyclic) bond motifs is 1. The van der Waals surface area contributed by atoms with E-state index in [-0.39, 0.29) is 18.5 Å². The van der Waals surface area contributed by atoms with E-state index in [0.717, 1.165) is 0 Å². The van der Waals surface area contributed by atoms with Gasteiger partial charge in [-0.2, -0.15) is 0 Å². The molecule has 0 aromatic heterocycles. The summed E-state index contributed by atoms with van der Waals surface area (Å²) in [5, 5.41) is 8.58. The second-order valence-corrected chi connectivity index (χ2v) is 5.92. The number of amides is 1. The topological polar surface area (TPSA) is 50.4 Å². The SMILES string of the molecule is COc1ccccc1NC(=O)CN[C@H](C)c1cccc2ccccc12. The summed E-state index contributed by atoms with van der Waals surface area (Å²) in [6.07, 6.45) is 0. The van der Waals surface area contributed by atoms with E-state index in [1.54, 1.807) is 7.11 Å². The Balaban J connectivity index is 1.65. The summed E-state index contributed by atoms with van der Waals surface area (Å²) in [5.41, 5.74) is 1.86. The summed E-state index contributed by atoms with van der Waals surface area (Å²) in [6.45, 7) is 2.29. The van der Waals surface area contributed by atoms with Crippen LogP contribution in [0.3, 0.4) is 0 Å². The van der Waals surface area contributed by atoms with E-state index < -0.39 is 0 Å². The zero-order valence-electron chi connectivity index (χ0n) is 14.5. The van der Waals surface area contributed by atoms with Crippen molar-refractivity contribution in [1.29, 1.82) is 0 Å². The number of carbonyl (C=O) groups excluding carboxylic acids is 1. The van der Waals surface area contributed by atoms with Gasteiger partial charge in [0.15, 0.2) is 0 Å². The maximum Gasteiger partial charge on any atom is 0.238 e. The van der Waals surface area contributed by atoms with Gasteiger partial charge in [-0.05, 0) is 35.4 Å². The van der Waals surface area contributed by atoms with E-state index in [4.69, 9.17) is 4.74 Å². The van der Waals surface area contributed by atoms with Crippen molar-refractivity contribution in [2.75, 3.05) is 19.0 Å². The lowest BCUT2D eigenvalue weighted by atomic mass is 10.00. The van der Waals surface area contributed by atoms with Crippen molar-refractivity contribution in [2.24, 2.45) is 0 Å². The molecule has 3 aromatic rings. The van der Waals surface area contributed by atoms with Crippen LogP contribution in [0.2, 0.25) is 0 Å². The highest BCUT2D eigenvalue weighted by Crippen LogP contribution is 2.24. The second kappa shape index (κ2) is 7.81. The van der Waals surface area contributed by atoms with Gasteiger partial charge in [-0.1, -0.05) is 54.6 Å². The first-order chi connectivity index (χ1) is 12.2. The lowest BCUT2D eigenvalue weighted by Crippen LogP contribution is -2.30. The normalized spacial score (nSPS) is 11.9. The third-order valence-electron chi connectivity index (χ3n) is 4.24. The van der Waals surface area contributed by atoms with Gasteiger partial charge in [0.2, 0.25) is 5.91 Å². The summed E-state index contributed by atoms with van der Waals surface area (Å²) in [6, 6.07) is 22.0. The third kappa shape index (κ3) is 3.98. The minimum Gasteiger partial charge on any atom is -0.495 e. The van der Waals surface area contributed by atoms with Gasteiger partial charge in [0.25, 0.3) is 0 Å². The summed E-state index contributed by atoms with van der Waals surface area (Å²) >= 11 is 0. The maximum absolute atomic E-state index is 12.3. The van der Waals surface area contributed by atoms with Crippen LogP contribution in [0.1, 0.15) is 18.5 Å². The molecule has 2 N–H and O–H groups in total. The number of carbonyl (C=O) groups is 1. The fourth-order valence-electron chi connectivity index (χ4n) is 2.93. The smallest absolute Gasteiger partial charge is 0.238 e. The van der Waals surface area contributed by atoms with Crippen molar-refractivity contribution < 1.29 is 9.53 Å². The molecule has 128 valence electrons. The molecule has 0 aliphatic rings. The Kier molecular flexibility index (Phi) is 5.31. The molecule has 0 heterocycles. The average Bonchev–Trinajstić information content (AvgIpc) is 2.66. The minimum absolute atomic E-state index is 0.0644. The molecule has 4 nitrogen and oxygen atoms in total. The maximum atomic E-state index is 12.3. The molecule has 25 heavy (non-hydrogen) atoms. The van der Waals surface area contributed by atoms with Crippen molar-refractivity contribution in [3.63, 3.8) is 0 Å². The quantitative estimate of drug-likeness (QED) is 0.712. The van der Waals surface area contributed by atoms with Crippen LogP contribution in [0, 0.1) is 0 Å². The lowest BCUT2D eigenvalue weighted by Gasteiger charge is -2.17. The summed E-state index contributed by atoms with van der Waals surface area (Å²) in [7, 11) is 1.59. The van der Waals surface area contributed by atoms with Gasteiger partial charge in [-0.15, -0.1) is 0 Å². The van der Waals surface area contributed by atoms with Gasteiger partial charge in [-0.25, -0.2) is 0 Å². The molecule has 1 atom stereocenters. The van der Waals surface area contributed by atoms with Crippen molar-refractivity contribution in [3.05, 3.63) is 72.3 Å². The molecule has 0 aliphatic carbocycles. The first-order valence-electron chi connectivity index (χ1n) is 8.33. The number of hydrogen-bond donors (Lipinski definition) is 2. The second-order valence-electron chi connectivity index (χ2n) is 5.92. The molecule has 3 rings (SSSR count). The Hall–Kier alpha value is -2.85. The molecular formula is C21H22N2O2. The summed E-state index contributed by atoms with van der Waals surface area (Å²) in [5.74, 6) is 0.550. The van der Waals surface area contributed by atoms with Gasteiger partial charge in [0.05, 0.1) is 19.3 Å². The van der Waals surface area contributed by atoms with Crippen LogP contribution in [0.4, 0.5) is 5.69 Å². The molecule has 0 unspecified atom stereocenters. The largest absolute Gasteiger partial charge is 0.495 e. The Morgan fingerprint density at radius 2 is 1.72 bits per heavy atom. The van der Waals surface area contributed by atoms with E-state index in [1.807, 2.05) is 42.5 Å². The standard InChI is InChI=1S/C21H22N2O2/c1-15(17-11-7-9-16-8-3-4-10-18(16)17)22-14-21(24)23-19-12-5-6-13-20(19)25-2/h3-13,15,22H,14H2,1-2H3,(H,23,24)/t15-/m1/s1. The van der Waals surface area contributed by atoms with Gasteiger partial charge in [0, 0.05) is 6.04 Å².